The second-order valence-corrected chi connectivity index (χ2v) is 1.30. The number of hydrogen-bond acceptors (Lipinski definition) is 2. The molecular formula is C6H7NO. The van der Waals surface area contributed by atoms with Crippen LogP contribution in [0.3, 0.4) is 0 Å². The molecule has 0 unspecified atom stereocenters. The molecule has 0 bridgehead atoms. The molecule has 0 radical (unpaired) electrons. The van der Waals surface area contributed by atoms with E-state index in [1.807, 2.05) is 6.92 Å². The van der Waals surface area contributed by atoms with Crippen LogP contribution in [0.2, 0.25) is 0 Å². The van der Waals surface area contributed by atoms with Gasteiger partial charge in [0.15, 0.2) is 6.29 Å². The molecule has 42 valence electrons. The van der Waals surface area contributed by atoms with E-state index >= 15 is 0 Å². The molecule has 0 amide bonds. The minimum Gasteiger partial charge on any atom is -0.297 e. The molecule has 0 spiro atoms. The number of rotatable bonds is 2. The van der Waals surface area contributed by atoms with E-state index in [1.165, 1.54) is 0 Å². The molecule has 0 aliphatic carbocycles. The van der Waals surface area contributed by atoms with Crippen molar-refractivity contribution in [3.05, 3.63) is 11.6 Å². The molecule has 0 N–H and O–H groups in total. The average Bonchev–Trinajstić information content (AvgIpc) is 1.83. The molecular weight excluding hydrogens is 102 g/mol. The first-order chi connectivity index (χ1) is 3.85. The van der Waals surface area contributed by atoms with Gasteiger partial charge in [0.1, 0.15) is 6.07 Å². The van der Waals surface area contributed by atoms with Gasteiger partial charge in [-0.3, -0.25) is 4.79 Å². The number of hydrogen-bond donors (Lipinski definition) is 0. The smallest absolute Gasteiger partial charge is 0.160 e. The number of nitriles is 1. The fourth-order valence-corrected chi connectivity index (χ4v) is 0.340. The minimum atomic E-state index is 0.215. The van der Waals surface area contributed by atoms with Crippen molar-refractivity contribution in [2.75, 3.05) is 0 Å². The number of carbonyl (C=O) groups is 1. The van der Waals surface area contributed by atoms with Crippen LogP contribution in [0.25, 0.3) is 0 Å². The first kappa shape index (κ1) is 6.90. The van der Waals surface area contributed by atoms with Crippen molar-refractivity contribution in [1.82, 2.24) is 0 Å². The maximum atomic E-state index is 9.84. The Bertz CT molecular complexity index is 141. The molecule has 0 fully saturated rings. The molecule has 0 aliphatic heterocycles. The quantitative estimate of drug-likeness (QED) is 0.302. The monoisotopic (exact) mass is 109 g/mol. The second-order valence-electron chi connectivity index (χ2n) is 1.30. The van der Waals surface area contributed by atoms with Crippen LogP contribution in [-0.2, 0) is 4.79 Å². The third-order valence-electron chi connectivity index (χ3n) is 0.680. The summed E-state index contributed by atoms with van der Waals surface area (Å²) in [6, 6.07) is 1.75. The molecule has 0 saturated carbocycles. The summed E-state index contributed by atoms with van der Waals surface area (Å²) < 4.78 is 0. The van der Waals surface area contributed by atoms with Gasteiger partial charge in [-0.1, -0.05) is 13.0 Å². The van der Waals surface area contributed by atoms with Crippen LogP contribution >= 0.6 is 0 Å². The highest BCUT2D eigenvalue weighted by molar-refractivity contribution is 5.78. The average molecular weight is 109 g/mol. The van der Waals surface area contributed by atoms with Gasteiger partial charge in [0.2, 0.25) is 0 Å². The van der Waals surface area contributed by atoms with Crippen molar-refractivity contribution in [1.29, 1.82) is 5.26 Å². The maximum absolute atomic E-state index is 9.84. The number of nitrogens with zero attached hydrogens (tertiary/aromatic N) is 1. The molecule has 0 saturated heterocycles. The molecule has 0 aliphatic rings. The molecule has 8 heavy (non-hydrogen) atoms. The summed E-state index contributed by atoms with van der Waals surface area (Å²) in [5, 5.41) is 8.11. The Morgan fingerprint density at radius 2 is 2.50 bits per heavy atom. The van der Waals surface area contributed by atoms with Crippen LogP contribution in [0.15, 0.2) is 11.6 Å². The predicted octanol–water partition coefficient (Wildman–Crippen LogP) is 1.05. The lowest BCUT2D eigenvalue weighted by Crippen LogP contribution is -1.76. The van der Waals surface area contributed by atoms with Gasteiger partial charge in [-0.05, 0) is 6.42 Å². The van der Waals surface area contributed by atoms with E-state index in [0.29, 0.717) is 6.29 Å². The van der Waals surface area contributed by atoms with E-state index in [4.69, 9.17) is 5.26 Å². The highest BCUT2D eigenvalue weighted by atomic mass is 16.1. The van der Waals surface area contributed by atoms with Crippen LogP contribution in [0.4, 0.5) is 0 Å². The Hall–Kier alpha value is -1.10. The predicted molar refractivity (Wildman–Crippen MR) is 30.1 cm³/mol. The summed E-state index contributed by atoms with van der Waals surface area (Å²) >= 11 is 0. The topological polar surface area (TPSA) is 40.9 Å². The highest BCUT2D eigenvalue weighted by Crippen LogP contribution is 1.87. The van der Waals surface area contributed by atoms with Crippen LogP contribution in [0, 0.1) is 11.3 Å². The lowest BCUT2D eigenvalue weighted by molar-refractivity contribution is -0.104. The van der Waals surface area contributed by atoms with E-state index < -0.39 is 0 Å². The first-order valence-electron chi connectivity index (χ1n) is 2.40. The number of aldehydes is 1. The maximum Gasteiger partial charge on any atom is 0.160 e. The van der Waals surface area contributed by atoms with Crippen molar-refractivity contribution in [3.63, 3.8) is 0 Å². The van der Waals surface area contributed by atoms with Gasteiger partial charge in [0, 0.05) is 0 Å². The second kappa shape index (κ2) is 4.07. The zero-order valence-electron chi connectivity index (χ0n) is 4.72. The highest BCUT2D eigenvalue weighted by Gasteiger charge is 1.84. The third kappa shape index (κ3) is 2.14. The Morgan fingerprint density at radius 3 is 2.62 bits per heavy atom. The van der Waals surface area contributed by atoms with E-state index in [2.05, 4.69) is 0 Å². The van der Waals surface area contributed by atoms with Crippen LogP contribution in [0.5, 0.6) is 0 Å². The first-order valence-corrected chi connectivity index (χ1v) is 2.40. The molecule has 0 aromatic heterocycles. The summed E-state index contributed by atoms with van der Waals surface area (Å²) in [7, 11) is 0. The van der Waals surface area contributed by atoms with E-state index in [1.54, 1.807) is 12.1 Å². The van der Waals surface area contributed by atoms with E-state index in [0.717, 1.165) is 6.42 Å². The largest absolute Gasteiger partial charge is 0.297 e. The van der Waals surface area contributed by atoms with Gasteiger partial charge in [-0.15, -0.1) is 0 Å². The van der Waals surface area contributed by atoms with E-state index in [9.17, 15) is 4.79 Å². The molecule has 0 rings (SSSR count). The molecule has 0 heterocycles. The van der Waals surface area contributed by atoms with Crippen LogP contribution < -0.4 is 0 Å². The van der Waals surface area contributed by atoms with Gasteiger partial charge in [-0.25, -0.2) is 0 Å². The molecule has 2 heteroatoms. The number of carbonyl (C=O) groups excluding carboxylic acids is 1. The summed E-state index contributed by atoms with van der Waals surface area (Å²) in [5.74, 6) is 0. The van der Waals surface area contributed by atoms with Crippen molar-refractivity contribution >= 4 is 6.29 Å². The van der Waals surface area contributed by atoms with Gasteiger partial charge >= 0.3 is 0 Å². The lowest BCUT2D eigenvalue weighted by atomic mass is 10.3. The molecule has 0 aromatic rings. The fraction of sp³-hybridized carbons (Fsp3) is 0.333. The Kier molecular flexibility index (Phi) is 3.51. The standard InChI is InChI=1S/C6H7NO/c1-2-3-6(4-7)5-8/h3,5H,2H2,1H3/b6-3+. The molecule has 2 nitrogen and oxygen atoms in total. The van der Waals surface area contributed by atoms with Crippen molar-refractivity contribution in [2.45, 2.75) is 13.3 Å². The van der Waals surface area contributed by atoms with Crippen LogP contribution in [-0.4, -0.2) is 6.29 Å². The van der Waals surface area contributed by atoms with Gasteiger partial charge in [0.05, 0.1) is 5.57 Å². The van der Waals surface area contributed by atoms with Crippen LogP contribution in [0.1, 0.15) is 13.3 Å². The summed E-state index contributed by atoms with van der Waals surface area (Å²) in [5.41, 5.74) is 0.215. The van der Waals surface area contributed by atoms with Crippen molar-refractivity contribution < 1.29 is 4.79 Å². The lowest BCUT2D eigenvalue weighted by Gasteiger charge is -1.76. The Morgan fingerprint density at radius 1 is 1.88 bits per heavy atom. The SMILES string of the molecule is CC/C=C(\C#N)C=O. The zero-order valence-corrected chi connectivity index (χ0v) is 4.72. The summed E-state index contributed by atoms with van der Waals surface area (Å²) in [6.07, 6.45) is 2.89. The summed E-state index contributed by atoms with van der Waals surface area (Å²) in [4.78, 5) is 9.84. The van der Waals surface area contributed by atoms with E-state index in [-0.39, 0.29) is 5.57 Å². The van der Waals surface area contributed by atoms with Gasteiger partial charge in [0.25, 0.3) is 0 Å². The Labute approximate surface area is 48.4 Å². The third-order valence-corrected chi connectivity index (χ3v) is 0.680. The van der Waals surface area contributed by atoms with Crippen molar-refractivity contribution in [2.24, 2.45) is 0 Å². The summed E-state index contributed by atoms with van der Waals surface area (Å²) in [6.45, 7) is 1.88. The minimum absolute atomic E-state index is 0.215. The normalized spacial score (nSPS) is 10.2. The molecule has 0 atom stereocenters. The van der Waals surface area contributed by atoms with Gasteiger partial charge in [-0.2, -0.15) is 5.26 Å². The zero-order chi connectivity index (χ0) is 6.41. The number of allylic oxidation sites excluding steroid dienone is 2. The van der Waals surface area contributed by atoms with Gasteiger partial charge < -0.3 is 0 Å². The molecule has 0 aromatic carbocycles. The Balaban J connectivity index is 3.92. The van der Waals surface area contributed by atoms with Crippen molar-refractivity contribution in [3.8, 4) is 6.07 Å². The fourth-order valence-electron chi connectivity index (χ4n) is 0.340.